The molecule has 0 spiro atoms. The van der Waals surface area contributed by atoms with E-state index in [0.29, 0.717) is 6.04 Å². The highest BCUT2D eigenvalue weighted by Crippen LogP contribution is 2.32. The number of amides is 1. The average molecular weight is 314 g/mol. The van der Waals surface area contributed by atoms with Gasteiger partial charge in [-0.25, -0.2) is 0 Å². The molecule has 0 radical (unpaired) electrons. The number of hydrogen-bond donors (Lipinski definition) is 1. The van der Waals surface area contributed by atoms with Gasteiger partial charge in [0, 0.05) is 29.7 Å². The number of carbonyl (C=O) groups is 1. The third-order valence-electron chi connectivity index (χ3n) is 4.34. The van der Waals surface area contributed by atoms with E-state index >= 15 is 0 Å². The molecule has 1 aromatic heterocycles. The van der Waals surface area contributed by atoms with Gasteiger partial charge in [-0.1, -0.05) is 6.07 Å². The summed E-state index contributed by atoms with van der Waals surface area (Å²) in [5, 5.41) is 3.01. The topological polar surface area (TPSA) is 32.3 Å². The fraction of sp³-hybridized carbons (Fsp3) is 0.389. The van der Waals surface area contributed by atoms with Crippen LogP contribution in [0, 0.1) is 13.8 Å². The highest BCUT2D eigenvalue weighted by molar-refractivity contribution is 7.14. The molecule has 0 saturated heterocycles. The Morgan fingerprint density at radius 1 is 1.18 bits per heavy atom. The van der Waals surface area contributed by atoms with E-state index in [-0.39, 0.29) is 5.91 Å². The molecular weight excluding hydrogens is 292 g/mol. The van der Waals surface area contributed by atoms with E-state index < -0.39 is 0 Å². The number of fused-ring (bicyclic) bond motifs is 1. The number of aryl methyl sites for hydroxylation is 2. The Hall–Kier alpha value is -1.65. The van der Waals surface area contributed by atoms with Crippen molar-refractivity contribution in [2.45, 2.75) is 46.8 Å². The molecule has 22 heavy (non-hydrogen) atoms. The summed E-state index contributed by atoms with van der Waals surface area (Å²) in [4.78, 5) is 17.0. The van der Waals surface area contributed by atoms with Crippen LogP contribution in [0.2, 0.25) is 0 Å². The zero-order valence-electron chi connectivity index (χ0n) is 13.6. The second-order valence-corrected chi connectivity index (χ2v) is 7.45. The Labute approximate surface area is 136 Å². The van der Waals surface area contributed by atoms with Crippen LogP contribution in [0.25, 0.3) is 0 Å². The predicted molar refractivity (Wildman–Crippen MR) is 92.6 cm³/mol. The van der Waals surface area contributed by atoms with Crippen LogP contribution in [0.3, 0.4) is 0 Å². The Balaban J connectivity index is 1.72. The summed E-state index contributed by atoms with van der Waals surface area (Å²) in [7, 11) is 0. The normalized spacial score (nSPS) is 14.4. The van der Waals surface area contributed by atoms with Gasteiger partial charge < -0.3 is 5.32 Å². The predicted octanol–water partition coefficient (Wildman–Crippen LogP) is 4.34. The lowest BCUT2D eigenvalue weighted by Crippen LogP contribution is -2.24. The molecule has 0 atom stereocenters. The summed E-state index contributed by atoms with van der Waals surface area (Å²) in [6.45, 7) is 10.5. The van der Waals surface area contributed by atoms with Crippen LogP contribution in [0.15, 0.2) is 24.3 Å². The molecule has 2 heterocycles. The monoisotopic (exact) mass is 314 g/mol. The Morgan fingerprint density at radius 3 is 2.59 bits per heavy atom. The average Bonchev–Trinajstić information content (AvgIpc) is 3.01. The molecule has 116 valence electrons. The zero-order chi connectivity index (χ0) is 15.9. The number of thiophene rings is 1. The molecule has 0 aliphatic carbocycles. The van der Waals surface area contributed by atoms with Crippen LogP contribution >= 0.6 is 11.3 Å². The van der Waals surface area contributed by atoms with Gasteiger partial charge in [-0.3, -0.25) is 9.69 Å². The number of nitrogens with zero attached hydrogens (tertiary/aromatic N) is 1. The largest absolute Gasteiger partial charge is 0.321 e. The molecule has 1 aliphatic rings. The molecule has 0 bridgehead atoms. The van der Waals surface area contributed by atoms with Gasteiger partial charge in [0.2, 0.25) is 0 Å². The summed E-state index contributed by atoms with van der Waals surface area (Å²) in [5.74, 6) is -0.00116. The number of benzene rings is 1. The molecule has 0 fully saturated rings. The van der Waals surface area contributed by atoms with Crippen LogP contribution in [0.4, 0.5) is 5.69 Å². The maximum absolute atomic E-state index is 12.4. The van der Waals surface area contributed by atoms with E-state index in [1.165, 1.54) is 21.6 Å². The van der Waals surface area contributed by atoms with Gasteiger partial charge in [-0.05, 0) is 62.6 Å². The SMILES string of the molecule is Cc1ccc(NC(=O)c2cc3c(s2)CN(C(C)C)C3)cc1C. The molecule has 0 saturated carbocycles. The summed E-state index contributed by atoms with van der Waals surface area (Å²) < 4.78 is 0. The quantitative estimate of drug-likeness (QED) is 0.914. The van der Waals surface area contributed by atoms with Crippen molar-refractivity contribution >= 4 is 22.9 Å². The lowest BCUT2D eigenvalue weighted by molar-refractivity contribution is 0.103. The minimum atomic E-state index is -0.00116. The fourth-order valence-electron chi connectivity index (χ4n) is 2.68. The lowest BCUT2D eigenvalue weighted by atomic mass is 10.1. The number of anilines is 1. The van der Waals surface area contributed by atoms with Crippen molar-refractivity contribution in [2.24, 2.45) is 0 Å². The highest BCUT2D eigenvalue weighted by Gasteiger charge is 2.25. The lowest BCUT2D eigenvalue weighted by Gasteiger charge is -2.19. The van der Waals surface area contributed by atoms with Gasteiger partial charge in [-0.15, -0.1) is 11.3 Å². The van der Waals surface area contributed by atoms with Crippen LogP contribution in [0.5, 0.6) is 0 Å². The van der Waals surface area contributed by atoms with Crippen LogP contribution < -0.4 is 5.32 Å². The van der Waals surface area contributed by atoms with E-state index in [0.717, 1.165) is 23.7 Å². The Kier molecular flexibility index (Phi) is 4.06. The van der Waals surface area contributed by atoms with Gasteiger partial charge in [0.05, 0.1) is 4.88 Å². The molecule has 3 nitrogen and oxygen atoms in total. The molecule has 4 heteroatoms. The summed E-state index contributed by atoms with van der Waals surface area (Å²) in [6, 6.07) is 8.63. The maximum atomic E-state index is 12.4. The summed E-state index contributed by atoms with van der Waals surface area (Å²) in [6.07, 6.45) is 0. The second kappa shape index (κ2) is 5.86. The standard InChI is InChI=1S/C18H22N2OS/c1-11(2)20-9-14-8-16(22-17(14)10-20)18(21)19-15-6-5-12(3)13(4)7-15/h5-8,11H,9-10H2,1-4H3,(H,19,21). The van der Waals surface area contributed by atoms with Gasteiger partial charge in [0.15, 0.2) is 0 Å². The Bertz CT molecular complexity index is 694. The van der Waals surface area contributed by atoms with E-state index in [1.54, 1.807) is 11.3 Å². The Morgan fingerprint density at radius 2 is 1.95 bits per heavy atom. The summed E-state index contributed by atoms with van der Waals surface area (Å²) in [5.41, 5.74) is 4.61. The number of hydrogen-bond acceptors (Lipinski definition) is 3. The van der Waals surface area contributed by atoms with Gasteiger partial charge in [0.1, 0.15) is 0 Å². The number of carbonyl (C=O) groups excluding carboxylic acids is 1. The van der Waals surface area contributed by atoms with Crippen molar-refractivity contribution < 1.29 is 4.79 Å². The van der Waals surface area contributed by atoms with Crippen LogP contribution in [-0.2, 0) is 13.1 Å². The molecule has 1 aliphatic heterocycles. The third-order valence-corrected chi connectivity index (χ3v) is 5.50. The van der Waals surface area contributed by atoms with Crippen molar-refractivity contribution in [3.8, 4) is 0 Å². The first kappa shape index (κ1) is 15.3. The van der Waals surface area contributed by atoms with Crippen molar-refractivity contribution in [1.82, 2.24) is 4.90 Å². The molecule has 0 unspecified atom stereocenters. The van der Waals surface area contributed by atoms with Gasteiger partial charge in [-0.2, -0.15) is 0 Å². The van der Waals surface area contributed by atoms with E-state index in [2.05, 4.69) is 44.0 Å². The molecular formula is C18H22N2OS. The van der Waals surface area contributed by atoms with E-state index in [4.69, 9.17) is 0 Å². The third kappa shape index (κ3) is 2.94. The number of rotatable bonds is 3. The van der Waals surface area contributed by atoms with Gasteiger partial charge in [0.25, 0.3) is 5.91 Å². The number of nitrogens with one attached hydrogen (secondary N) is 1. The summed E-state index contributed by atoms with van der Waals surface area (Å²) >= 11 is 1.62. The molecule has 1 aromatic carbocycles. The first-order chi connectivity index (χ1) is 10.4. The molecule has 2 aromatic rings. The van der Waals surface area contributed by atoms with Gasteiger partial charge >= 0.3 is 0 Å². The molecule has 3 rings (SSSR count). The van der Waals surface area contributed by atoms with Crippen LogP contribution in [-0.4, -0.2) is 16.8 Å². The van der Waals surface area contributed by atoms with Crippen molar-refractivity contribution in [1.29, 1.82) is 0 Å². The fourth-order valence-corrected chi connectivity index (χ4v) is 3.78. The zero-order valence-corrected chi connectivity index (χ0v) is 14.4. The second-order valence-electron chi connectivity index (χ2n) is 6.31. The first-order valence-electron chi connectivity index (χ1n) is 7.68. The van der Waals surface area contributed by atoms with E-state index in [1.807, 2.05) is 18.2 Å². The molecule has 1 amide bonds. The minimum Gasteiger partial charge on any atom is -0.321 e. The van der Waals surface area contributed by atoms with Crippen LogP contribution in [0.1, 0.15) is 45.1 Å². The van der Waals surface area contributed by atoms with E-state index in [9.17, 15) is 4.79 Å². The van der Waals surface area contributed by atoms with Crippen molar-refractivity contribution in [3.63, 3.8) is 0 Å². The first-order valence-corrected chi connectivity index (χ1v) is 8.50. The van der Waals surface area contributed by atoms with Crippen molar-refractivity contribution in [2.75, 3.05) is 5.32 Å². The maximum Gasteiger partial charge on any atom is 0.265 e. The van der Waals surface area contributed by atoms with Crippen molar-refractivity contribution in [3.05, 3.63) is 50.7 Å². The highest BCUT2D eigenvalue weighted by atomic mass is 32.1. The minimum absolute atomic E-state index is 0.00116. The molecule has 1 N–H and O–H groups in total. The smallest absolute Gasteiger partial charge is 0.265 e.